The summed E-state index contributed by atoms with van der Waals surface area (Å²) in [5, 5.41) is 6.39. The molecule has 1 amide bonds. The van der Waals surface area contributed by atoms with Crippen LogP contribution in [0.3, 0.4) is 0 Å². The predicted molar refractivity (Wildman–Crippen MR) is 66.4 cm³/mol. The highest BCUT2D eigenvalue weighted by Gasteiger charge is 2.22. The number of amides is 1. The Hall–Kier alpha value is -0.610. The average molecular weight is 227 g/mol. The summed E-state index contributed by atoms with van der Waals surface area (Å²) in [6, 6.07) is 0.528. The molecule has 0 saturated carbocycles. The number of hydrogen-bond acceptors (Lipinski definition) is 3. The topological polar surface area (TPSA) is 44.4 Å². The molecule has 1 heterocycles. The standard InChI is InChI=1S/C12H25N3O/c1-4-7-14-12(16)10(2)15(3)9-11-6-5-8-13-11/h10-11,13H,4-9H2,1-3H3,(H,14,16). The number of carbonyl (C=O) groups is 1. The van der Waals surface area contributed by atoms with Crippen LogP contribution in [0, 0.1) is 0 Å². The van der Waals surface area contributed by atoms with Crippen LogP contribution < -0.4 is 10.6 Å². The number of likely N-dealkylation sites (N-methyl/N-ethyl adjacent to an activating group) is 1. The lowest BCUT2D eigenvalue weighted by molar-refractivity contribution is -0.125. The van der Waals surface area contributed by atoms with Gasteiger partial charge in [0.2, 0.25) is 5.91 Å². The first-order valence-corrected chi connectivity index (χ1v) is 6.36. The zero-order valence-corrected chi connectivity index (χ0v) is 10.8. The van der Waals surface area contributed by atoms with Gasteiger partial charge in [-0.1, -0.05) is 6.92 Å². The molecule has 0 aliphatic carbocycles. The lowest BCUT2D eigenvalue weighted by Gasteiger charge is -2.26. The van der Waals surface area contributed by atoms with E-state index in [1.807, 2.05) is 14.0 Å². The summed E-state index contributed by atoms with van der Waals surface area (Å²) >= 11 is 0. The zero-order chi connectivity index (χ0) is 12.0. The predicted octanol–water partition coefficient (Wildman–Crippen LogP) is 0.585. The van der Waals surface area contributed by atoms with Crippen molar-refractivity contribution in [1.29, 1.82) is 0 Å². The van der Waals surface area contributed by atoms with Crippen LogP contribution >= 0.6 is 0 Å². The molecular weight excluding hydrogens is 202 g/mol. The summed E-state index contributed by atoms with van der Waals surface area (Å²) in [4.78, 5) is 13.9. The van der Waals surface area contributed by atoms with Crippen LogP contribution in [0.4, 0.5) is 0 Å². The Bertz CT molecular complexity index is 214. The second kappa shape index (κ2) is 6.86. The molecule has 1 rings (SSSR count). The summed E-state index contributed by atoms with van der Waals surface area (Å²) in [6.45, 7) is 6.89. The quantitative estimate of drug-likeness (QED) is 0.698. The minimum Gasteiger partial charge on any atom is -0.355 e. The molecule has 4 heteroatoms. The Morgan fingerprint density at radius 3 is 2.94 bits per heavy atom. The van der Waals surface area contributed by atoms with Crippen molar-refractivity contribution in [3.63, 3.8) is 0 Å². The molecular formula is C12H25N3O. The van der Waals surface area contributed by atoms with Gasteiger partial charge in [0.05, 0.1) is 6.04 Å². The van der Waals surface area contributed by atoms with Crippen LogP contribution in [0.1, 0.15) is 33.1 Å². The summed E-state index contributed by atoms with van der Waals surface area (Å²) in [6.07, 6.45) is 3.48. The Morgan fingerprint density at radius 1 is 1.62 bits per heavy atom. The van der Waals surface area contributed by atoms with E-state index < -0.39 is 0 Å². The van der Waals surface area contributed by atoms with Gasteiger partial charge in [0, 0.05) is 19.1 Å². The molecule has 2 atom stereocenters. The molecule has 1 saturated heterocycles. The minimum absolute atomic E-state index is 0.0334. The lowest BCUT2D eigenvalue weighted by Crippen LogP contribution is -2.47. The van der Waals surface area contributed by atoms with Gasteiger partial charge in [-0.3, -0.25) is 9.69 Å². The molecule has 0 aromatic rings. The molecule has 94 valence electrons. The lowest BCUT2D eigenvalue weighted by atomic mass is 10.2. The maximum absolute atomic E-state index is 11.7. The number of hydrogen-bond donors (Lipinski definition) is 2. The summed E-state index contributed by atoms with van der Waals surface area (Å²) in [5.41, 5.74) is 0. The SMILES string of the molecule is CCCNC(=O)C(C)N(C)CC1CCCN1. The van der Waals surface area contributed by atoms with Crippen LogP contribution in [0.15, 0.2) is 0 Å². The van der Waals surface area contributed by atoms with Gasteiger partial charge in [-0.25, -0.2) is 0 Å². The Morgan fingerprint density at radius 2 is 2.38 bits per heavy atom. The minimum atomic E-state index is -0.0334. The maximum Gasteiger partial charge on any atom is 0.237 e. The van der Waals surface area contributed by atoms with E-state index in [-0.39, 0.29) is 11.9 Å². The Kier molecular flexibility index (Phi) is 5.77. The van der Waals surface area contributed by atoms with Crippen LogP contribution in [-0.2, 0) is 4.79 Å². The molecule has 0 radical (unpaired) electrons. The van der Waals surface area contributed by atoms with Gasteiger partial charge in [0.25, 0.3) is 0 Å². The van der Waals surface area contributed by atoms with Gasteiger partial charge in [-0.05, 0) is 39.8 Å². The van der Waals surface area contributed by atoms with E-state index in [0.717, 1.165) is 26.1 Å². The number of nitrogens with one attached hydrogen (secondary N) is 2. The summed E-state index contributed by atoms with van der Waals surface area (Å²) < 4.78 is 0. The van der Waals surface area contributed by atoms with Gasteiger partial charge in [-0.15, -0.1) is 0 Å². The highest BCUT2D eigenvalue weighted by atomic mass is 16.2. The van der Waals surface area contributed by atoms with Gasteiger partial charge in [-0.2, -0.15) is 0 Å². The third kappa shape index (κ3) is 4.10. The first-order valence-electron chi connectivity index (χ1n) is 6.36. The fraction of sp³-hybridized carbons (Fsp3) is 0.917. The van der Waals surface area contributed by atoms with Gasteiger partial charge in [0.15, 0.2) is 0 Å². The summed E-state index contributed by atoms with van der Waals surface area (Å²) in [7, 11) is 2.02. The first-order chi connectivity index (χ1) is 7.65. The molecule has 2 unspecified atom stereocenters. The van der Waals surface area contributed by atoms with Crippen molar-refractivity contribution in [2.75, 3.05) is 26.7 Å². The number of carbonyl (C=O) groups excluding carboxylic acids is 1. The largest absolute Gasteiger partial charge is 0.355 e. The van der Waals surface area contributed by atoms with E-state index in [1.165, 1.54) is 12.8 Å². The average Bonchev–Trinajstić information content (AvgIpc) is 2.77. The molecule has 0 bridgehead atoms. The van der Waals surface area contributed by atoms with E-state index in [0.29, 0.717) is 6.04 Å². The molecule has 0 aromatic carbocycles. The Balaban J connectivity index is 2.28. The van der Waals surface area contributed by atoms with E-state index in [9.17, 15) is 4.79 Å². The number of nitrogens with zero attached hydrogens (tertiary/aromatic N) is 1. The molecule has 1 aliphatic heterocycles. The van der Waals surface area contributed by atoms with Crippen LogP contribution in [0.2, 0.25) is 0 Å². The van der Waals surface area contributed by atoms with Gasteiger partial charge < -0.3 is 10.6 Å². The molecule has 0 spiro atoms. The smallest absolute Gasteiger partial charge is 0.237 e. The van der Waals surface area contributed by atoms with E-state index in [1.54, 1.807) is 0 Å². The molecule has 2 N–H and O–H groups in total. The Labute approximate surface area is 98.8 Å². The van der Waals surface area contributed by atoms with Crippen molar-refractivity contribution in [1.82, 2.24) is 15.5 Å². The third-order valence-electron chi connectivity index (χ3n) is 3.26. The molecule has 4 nitrogen and oxygen atoms in total. The molecule has 16 heavy (non-hydrogen) atoms. The van der Waals surface area contributed by atoms with Crippen molar-refractivity contribution >= 4 is 5.91 Å². The van der Waals surface area contributed by atoms with E-state index in [2.05, 4.69) is 22.5 Å². The van der Waals surface area contributed by atoms with Crippen LogP contribution in [0.25, 0.3) is 0 Å². The normalized spacial score (nSPS) is 22.4. The fourth-order valence-electron chi connectivity index (χ4n) is 2.01. The molecule has 1 fully saturated rings. The monoisotopic (exact) mass is 227 g/mol. The first kappa shape index (κ1) is 13.5. The maximum atomic E-state index is 11.7. The fourth-order valence-corrected chi connectivity index (χ4v) is 2.01. The van der Waals surface area contributed by atoms with Crippen molar-refractivity contribution in [3.8, 4) is 0 Å². The van der Waals surface area contributed by atoms with Crippen molar-refractivity contribution in [3.05, 3.63) is 0 Å². The van der Waals surface area contributed by atoms with E-state index in [4.69, 9.17) is 0 Å². The van der Waals surface area contributed by atoms with Crippen molar-refractivity contribution in [2.45, 2.75) is 45.2 Å². The highest BCUT2D eigenvalue weighted by molar-refractivity contribution is 5.81. The van der Waals surface area contributed by atoms with Crippen molar-refractivity contribution in [2.24, 2.45) is 0 Å². The van der Waals surface area contributed by atoms with Crippen LogP contribution in [0.5, 0.6) is 0 Å². The molecule has 0 aromatic heterocycles. The van der Waals surface area contributed by atoms with Gasteiger partial charge >= 0.3 is 0 Å². The molecule has 1 aliphatic rings. The third-order valence-corrected chi connectivity index (χ3v) is 3.26. The zero-order valence-electron chi connectivity index (χ0n) is 10.8. The van der Waals surface area contributed by atoms with Gasteiger partial charge in [0.1, 0.15) is 0 Å². The summed E-state index contributed by atoms with van der Waals surface area (Å²) in [5.74, 6) is 0.141. The number of rotatable bonds is 6. The second-order valence-corrected chi connectivity index (χ2v) is 4.70. The van der Waals surface area contributed by atoms with Crippen LogP contribution in [-0.4, -0.2) is 49.6 Å². The second-order valence-electron chi connectivity index (χ2n) is 4.70. The van der Waals surface area contributed by atoms with Crippen molar-refractivity contribution < 1.29 is 4.79 Å². The highest BCUT2D eigenvalue weighted by Crippen LogP contribution is 2.07. The van der Waals surface area contributed by atoms with E-state index >= 15 is 0 Å².